The molecule has 0 atom stereocenters. The number of aromatic nitrogens is 1. The smallest absolute Gasteiger partial charge is 0.117 e. The Bertz CT molecular complexity index is 608. The van der Waals surface area contributed by atoms with Gasteiger partial charge < -0.3 is 4.42 Å². The molecule has 2 aliphatic heterocycles. The fourth-order valence-electron chi connectivity index (χ4n) is 4.21. The molecule has 24 heavy (non-hydrogen) atoms. The van der Waals surface area contributed by atoms with E-state index < -0.39 is 0 Å². The number of likely N-dealkylation sites (tertiary alicyclic amines) is 2. The maximum Gasteiger partial charge on any atom is 0.117 e. The van der Waals surface area contributed by atoms with E-state index in [1.165, 1.54) is 57.6 Å². The molecule has 2 aromatic rings. The van der Waals surface area contributed by atoms with Crippen LogP contribution in [0.2, 0.25) is 0 Å². The van der Waals surface area contributed by atoms with Gasteiger partial charge in [-0.1, -0.05) is 6.07 Å². The lowest BCUT2D eigenvalue weighted by Crippen LogP contribution is -2.46. The molecule has 0 saturated carbocycles. The van der Waals surface area contributed by atoms with Crippen molar-refractivity contribution in [3.63, 3.8) is 0 Å². The summed E-state index contributed by atoms with van der Waals surface area (Å²) < 4.78 is 5.49. The largest absolute Gasteiger partial charge is 0.468 e. The molecule has 0 radical (unpaired) electrons. The Morgan fingerprint density at radius 3 is 2.17 bits per heavy atom. The lowest BCUT2D eigenvalue weighted by molar-refractivity contribution is 0.0277. The van der Waals surface area contributed by atoms with Gasteiger partial charge in [-0.15, -0.1) is 0 Å². The van der Waals surface area contributed by atoms with Crippen molar-refractivity contribution in [2.24, 2.45) is 5.41 Å². The minimum Gasteiger partial charge on any atom is -0.468 e. The highest BCUT2D eigenvalue weighted by Crippen LogP contribution is 2.41. The van der Waals surface area contributed by atoms with Crippen molar-refractivity contribution in [1.82, 2.24) is 14.8 Å². The molecule has 2 saturated heterocycles. The fraction of sp³-hybridized carbons (Fsp3) is 0.550. The standard InChI is InChI=1S/C20H27N3O/c1-2-10-21-18(4-1)16-22-11-6-20(7-12-22)8-13-23(14-9-20)17-19-5-3-15-24-19/h1-5,10,15H,6-9,11-14,16-17H2. The van der Waals surface area contributed by atoms with Gasteiger partial charge in [0.1, 0.15) is 5.76 Å². The fourth-order valence-corrected chi connectivity index (χ4v) is 4.21. The van der Waals surface area contributed by atoms with Crippen molar-refractivity contribution in [1.29, 1.82) is 0 Å². The van der Waals surface area contributed by atoms with Gasteiger partial charge in [0, 0.05) is 12.7 Å². The third-order valence-electron chi connectivity index (χ3n) is 5.90. The van der Waals surface area contributed by atoms with Crippen LogP contribution in [0.15, 0.2) is 47.2 Å². The second-order valence-electron chi connectivity index (χ2n) is 7.45. The first-order chi connectivity index (χ1) is 11.8. The van der Waals surface area contributed by atoms with E-state index >= 15 is 0 Å². The summed E-state index contributed by atoms with van der Waals surface area (Å²) in [6.45, 7) is 6.82. The lowest BCUT2D eigenvalue weighted by atomic mass is 9.71. The maximum absolute atomic E-state index is 5.49. The van der Waals surface area contributed by atoms with Crippen LogP contribution in [0.4, 0.5) is 0 Å². The summed E-state index contributed by atoms with van der Waals surface area (Å²) in [5, 5.41) is 0. The number of rotatable bonds is 4. The van der Waals surface area contributed by atoms with E-state index in [0.717, 1.165) is 18.8 Å². The van der Waals surface area contributed by atoms with Crippen molar-refractivity contribution in [3.8, 4) is 0 Å². The Kier molecular flexibility index (Phi) is 4.67. The van der Waals surface area contributed by atoms with E-state index in [1.54, 1.807) is 6.26 Å². The van der Waals surface area contributed by atoms with E-state index in [9.17, 15) is 0 Å². The zero-order valence-corrected chi connectivity index (χ0v) is 14.4. The third-order valence-corrected chi connectivity index (χ3v) is 5.90. The number of nitrogens with zero attached hydrogens (tertiary/aromatic N) is 3. The highest BCUT2D eigenvalue weighted by Gasteiger charge is 2.37. The second kappa shape index (κ2) is 7.08. The number of pyridine rings is 1. The quantitative estimate of drug-likeness (QED) is 0.860. The summed E-state index contributed by atoms with van der Waals surface area (Å²) in [5.74, 6) is 1.09. The van der Waals surface area contributed by atoms with E-state index in [2.05, 4.69) is 33.0 Å². The molecule has 0 aromatic carbocycles. The number of piperidine rings is 2. The normalized spacial score (nSPS) is 22.0. The molecule has 2 aliphatic rings. The first-order valence-electron chi connectivity index (χ1n) is 9.18. The minimum atomic E-state index is 0.584. The van der Waals surface area contributed by atoms with Crippen LogP contribution in [-0.2, 0) is 13.1 Å². The van der Waals surface area contributed by atoms with Gasteiger partial charge in [0.15, 0.2) is 0 Å². The zero-order chi connectivity index (χ0) is 16.2. The highest BCUT2D eigenvalue weighted by molar-refractivity contribution is 5.04. The molecule has 0 bridgehead atoms. The molecule has 0 N–H and O–H groups in total. The molecule has 0 aliphatic carbocycles. The number of hydrogen-bond acceptors (Lipinski definition) is 4. The van der Waals surface area contributed by atoms with Gasteiger partial charge in [0.2, 0.25) is 0 Å². The molecule has 4 nitrogen and oxygen atoms in total. The molecule has 0 amide bonds. The Balaban J connectivity index is 1.25. The summed E-state index contributed by atoms with van der Waals surface area (Å²) in [6, 6.07) is 10.3. The third kappa shape index (κ3) is 3.70. The predicted octanol–water partition coefficient (Wildman–Crippen LogP) is 3.55. The monoisotopic (exact) mass is 325 g/mol. The van der Waals surface area contributed by atoms with Crippen LogP contribution in [-0.4, -0.2) is 41.0 Å². The topological polar surface area (TPSA) is 32.5 Å². The van der Waals surface area contributed by atoms with Crippen LogP contribution in [0.25, 0.3) is 0 Å². The van der Waals surface area contributed by atoms with Gasteiger partial charge in [-0.25, -0.2) is 0 Å². The summed E-state index contributed by atoms with van der Waals surface area (Å²) in [7, 11) is 0. The average molecular weight is 325 g/mol. The number of hydrogen-bond donors (Lipinski definition) is 0. The molecule has 0 unspecified atom stereocenters. The number of furan rings is 1. The molecule has 2 aromatic heterocycles. The van der Waals surface area contributed by atoms with Crippen LogP contribution in [0.1, 0.15) is 37.1 Å². The van der Waals surface area contributed by atoms with E-state index in [1.807, 2.05) is 18.3 Å². The maximum atomic E-state index is 5.49. The van der Waals surface area contributed by atoms with Gasteiger partial charge in [-0.3, -0.25) is 14.8 Å². The first kappa shape index (κ1) is 15.9. The predicted molar refractivity (Wildman–Crippen MR) is 94.4 cm³/mol. The van der Waals surface area contributed by atoms with Crippen LogP contribution in [0.3, 0.4) is 0 Å². The summed E-state index contributed by atoms with van der Waals surface area (Å²) >= 11 is 0. The molecule has 4 heterocycles. The summed E-state index contributed by atoms with van der Waals surface area (Å²) in [5.41, 5.74) is 1.78. The zero-order valence-electron chi connectivity index (χ0n) is 14.4. The second-order valence-corrected chi connectivity index (χ2v) is 7.45. The van der Waals surface area contributed by atoms with Gasteiger partial charge in [-0.05, 0) is 81.5 Å². The van der Waals surface area contributed by atoms with Crippen LogP contribution in [0.5, 0.6) is 0 Å². The molecule has 4 rings (SSSR count). The Labute approximate surface area is 144 Å². The SMILES string of the molecule is c1ccc(CN2CCC3(CC2)CCN(Cc2ccco2)CC3)nc1. The Morgan fingerprint density at radius 1 is 0.875 bits per heavy atom. The molecule has 1 spiro atoms. The average Bonchev–Trinajstić information content (AvgIpc) is 3.13. The van der Waals surface area contributed by atoms with E-state index in [4.69, 9.17) is 4.42 Å². The summed E-state index contributed by atoms with van der Waals surface area (Å²) in [6.07, 6.45) is 9.03. The van der Waals surface area contributed by atoms with Crippen molar-refractivity contribution >= 4 is 0 Å². The van der Waals surface area contributed by atoms with E-state index in [-0.39, 0.29) is 0 Å². The van der Waals surface area contributed by atoms with E-state index in [0.29, 0.717) is 5.41 Å². The molecular formula is C20H27N3O. The highest BCUT2D eigenvalue weighted by atomic mass is 16.3. The van der Waals surface area contributed by atoms with Crippen molar-refractivity contribution in [3.05, 3.63) is 54.2 Å². The first-order valence-corrected chi connectivity index (χ1v) is 9.18. The minimum absolute atomic E-state index is 0.584. The van der Waals surface area contributed by atoms with Gasteiger partial charge in [0.05, 0.1) is 18.5 Å². The van der Waals surface area contributed by atoms with Crippen LogP contribution >= 0.6 is 0 Å². The molecule has 2 fully saturated rings. The van der Waals surface area contributed by atoms with Crippen molar-refractivity contribution in [2.45, 2.75) is 38.8 Å². The van der Waals surface area contributed by atoms with Gasteiger partial charge in [0.25, 0.3) is 0 Å². The van der Waals surface area contributed by atoms with Crippen molar-refractivity contribution < 1.29 is 4.42 Å². The molecule has 128 valence electrons. The Morgan fingerprint density at radius 2 is 1.58 bits per heavy atom. The van der Waals surface area contributed by atoms with Gasteiger partial charge >= 0.3 is 0 Å². The lowest BCUT2D eigenvalue weighted by Gasteiger charge is -2.46. The van der Waals surface area contributed by atoms with Crippen LogP contribution < -0.4 is 0 Å². The van der Waals surface area contributed by atoms with Crippen LogP contribution in [0, 0.1) is 5.41 Å². The van der Waals surface area contributed by atoms with Crippen molar-refractivity contribution in [2.75, 3.05) is 26.2 Å². The molecule has 4 heteroatoms. The van der Waals surface area contributed by atoms with Gasteiger partial charge in [-0.2, -0.15) is 0 Å². The summed E-state index contributed by atoms with van der Waals surface area (Å²) in [4.78, 5) is 9.58. The molecular weight excluding hydrogens is 298 g/mol. The Hall–Kier alpha value is -1.65.